The minimum Gasteiger partial charge on any atom is -0.378 e. The Morgan fingerprint density at radius 2 is 2.40 bits per heavy atom. The quantitative estimate of drug-likeness (QED) is 0.839. The molecule has 1 aliphatic heterocycles. The lowest BCUT2D eigenvalue weighted by Gasteiger charge is -1.99. The van der Waals surface area contributed by atoms with E-state index >= 15 is 0 Å². The molecular formula is C10H17N3OS. The van der Waals surface area contributed by atoms with Crippen molar-refractivity contribution in [2.24, 2.45) is 0 Å². The summed E-state index contributed by atoms with van der Waals surface area (Å²) in [6.45, 7) is 3.89. The van der Waals surface area contributed by atoms with Crippen molar-refractivity contribution < 1.29 is 4.74 Å². The van der Waals surface area contributed by atoms with E-state index in [-0.39, 0.29) is 0 Å². The highest BCUT2D eigenvalue weighted by molar-refractivity contribution is 7.11. The molecule has 1 N–H and O–H groups in total. The van der Waals surface area contributed by atoms with E-state index in [4.69, 9.17) is 4.74 Å². The summed E-state index contributed by atoms with van der Waals surface area (Å²) in [6.07, 6.45) is 2.43. The van der Waals surface area contributed by atoms with E-state index in [1.807, 2.05) is 7.05 Å². The summed E-state index contributed by atoms with van der Waals surface area (Å²) in [5, 5.41) is 13.8. The van der Waals surface area contributed by atoms with Crippen LogP contribution in [-0.2, 0) is 11.2 Å². The van der Waals surface area contributed by atoms with Crippen LogP contribution in [0.5, 0.6) is 0 Å². The summed E-state index contributed by atoms with van der Waals surface area (Å²) in [5.41, 5.74) is 0. The zero-order chi connectivity index (χ0) is 10.7. The lowest BCUT2D eigenvalue weighted by atomic mass is 10.1. The van der Waals surface area contributed by atoms with E-state index in [2.05, 4.69) is 22.4 Å². The number of nitrogens with one attached hydrogen (secondary N) is 1. The van der Waals surface area contributed by atoms with Gasteiger partial charge in [0.25, 0.3) is 0 Å². The molecule has 2 heterocycles. The Balaban J connectivity index is 1.94. The number of hydrogen-bond donors (Lipinski definition) is 1. The van der Waals surface area contributed by atoms with E-state index in [0.29, 0.717) is 12.0 Å². The van der Waals surface area contributed by atoms with Crippen LogP contribution in [0.15, 0.2) is 0 Å². The number of aromatic nitrogens is 2. The van der Waals surface area contributed by atoms with Gasteiger partial charge in [0.1, 0.15) is 10.0 Å². The molecule has 5 heteroatoms. The summed E-state index contributed by atoms with van der Waals surface area (Å²) in [5.74, 6) is 0.473. The molecule has 4 nitrogen and oxygen atoms in total. The molecule has 0 radical (unpaired) electrons. The minimum absolute atomic E-state index is 0.375. The summed E-state index contributed by atoms with van der Waals surface area (Å²) >= 11 is 1.73. The van der Waals surface area contributed by atoms with Crippen molar-refractivity contribution in [3.8, 4) is 0 Å². The lowest BCUT2D eigenvalue weighted by Crippen LogP contribution is -2.09. The maximum Gasteiger partial charge on any atom is 0.122 e. The molecule has 0 bridgehead atoms. The van der Waals surface area contributed by atoms with Crippen LogP contribution < -0.4 is 5.32 Å². The fourth-order valence-electron chi connectivity index (χ4n) is 1.75. The highest BCUT2D eigenvalue weighted by Gasteiger charge is 2.26. The Morgan fingerprint density at radius 1 is 1.53 bits per heavy atom. The van der Waals surface area contributed by atoms with Crippen LogP contribution in [0.25, 0.3) is 0 Å². The second-order valence-corrected chi connectivity index (χ2v) is 5.06. The summed E-state index contributed by atoms with van der Waals surface area (Å²) < 4.78 is 5.54. The van der Waals surface area contributed by atoms with Gasteiger partial charge in [0.15, 0.2) is 0 Å². The van der Waals surface area contributed by atoms with Crippen LogP contribution in [-0.4, -0.2) is 36.5 Å². The van der Waals surface area contributed by atoms with Gasteiger partial charge < -0.3 is 10.1 Å². The van der Waals surface area contributed by atoms with Crippen molar-refractivity contribution in [2.45, 2.75) is 31.8 Å². The largest absolute Gasteiger partial charge is 0.378 e. The molecule has 0 aliphatic carbocycles. The molecule has 0 amide bonds. The van der Waals surface area contributed by atoms with Gasteiger partial charge >= 0.3 is 0 Å². The van der Waals surface area contributed by atoms with Crippen molar-refractivity contribution in [1.82, 2.24) is 15.5 Å². The van der Waals surface area contributed by atoms with Gasteiger partial charge in [-0.3, -0.25) is 0 Å². The Bertz CT molecular complexity index is 315. The maximum atomic E-state index is 5.54. The molecule has 1 fully saturated rings. The van der Waals surface area contributed by atoms with Gasteiger partial charge in [0.2, 0.25) is 0 Å². The minimum atomic E-state index is 0.375. The lowest BCUT2D eigenvalue weighted by molar-refractivity contribution is 0.123. The first-order valence-electron chi connectivity index (χ1n) is 5.38. The van der Waals surface area contributed by atoms with Crippen molar-refractivity contribution in [1.29, 1.82) is 0 Å². The first-order valence-corrected chi connectivity index (χ1v) is 6.19. The molecule has 2 atom stereocenters. The predicted octanol–water partition coefficient (Wildman–Crippen LogP) is 1.19. The molecule has 1 aliphatic rings. The standard InChI is InChI=1S/C10H17N3OS/c1-7-5-8(6-14-7)10-13-12-9(15-10)3-4-11-2/h7-8,11H,3-6H2,1-2H3. The first kappa shape index (κ1) is 11.0. The Kier molecular flexibility index (Phi) is 3.66. The second-order valence-electron chi connectivity index (χ2n) is 3.96. The first-order chi connectivity index (χ1) is 7.29. The van der Waals surface area contributed by atoms with Crippen LogP contribution in [0.4, 0.5) is 0 Å². The second kappa shape index (κ2) is 5.01. The molecule has 0 aromatic carbocycles. The highest BCUT2D eigenvalue weighted by Crippen LogP contribution is 2.30. The number of nitrogens with zero attached hydrogens (tertiary/aromatic N) is 2. The molecule has 15 heavy (non-hydrogen) atoms. The van der Waals surface area contributed by atoms with Crippen molar-refractivity contribution in [3.63, 3.8) is 0 Å². The van der Waals surface area contributed by atoms with Gasteiger partial charge in [0.05, 0.1) is 12.7 Å². The van der Waals surface area contributed by atoms with Crippen LogP contribution in [0.3, 0.4) is 0 Å². The molecule has 1 aromatic rings. The molecule has 2 rings (SSSR count). The van der Waals surface area contributed by atoms with E-state index in [1.165, 1.54) is 0 Å². The zero-order valence-electron chi connectivity index (χ0n) is 9.19. The van der Waals surface area contributed by atoms with E-state index in [0.717, 1.165) is 36.0 Å². The molecule has 1 saturated heterocycles. The predicted molar refractivity (Wildman–Crippen MR) is 60.3 cm³/mol. The topological polar surface area (TPSA) is 47.0 Å². The van der Waals surface area contributed by atoms with Gasteiger partial charge in [-0.15, -0.1) is 21.5 Å². The third kappa shape index (κ3) is 2.74. The summed E-state index contributed by atoms with van der Waals surface area (Å²) in [6, 6.07) is 0. The Labute approximate surface area is 94.1 Å². The maximum absolute atomic E-state index is 5.54. The third-order valence-electron chi connectivity index (χ3n) is 2.62. The fourth-order valence-corrected chi connectivity index (χ4v) is 2.69. The van der Waals surface area contributed by atoms with Gasteiger partial charge in [-0.1, -0.05) is 0 Å². The average Bonchev–Trinajstić information content (AvgIpc) is 2.83. The van der Waals surface area contributed by atoms with E-state index in [1.54, 1.807) is 11.3 Å². The van der Waals surface area contributed by atoms with E-state index < -0.39 is 0 Å². The van der Waals surface area contributed by atoms with Gasteiger partial charge in [-0.25, -0.2) is 0 Å². The van der Waals surface area contributed by atoms with Crippen LogP contribution in [0.2, 0.25) is 0 Å². The van der Waals surface area contributed by atoms with Crippen molar-refractivity contribution in [2.75, 3.05) is 20.2 Å². The third-order valence-corrected chi connectivity index (χ3v) is 3.76. The van der Waals surface area contributed by atoms with Crippen LogP contribution in [0, 0.1) is 0 Å². The van der Waals surface area contributed by atoms with Crippen molar-refractivity contribution >= 4 is 11.3 Å². The number of likely N-dealkylation sites (N-methyl/N-ethyl adjacent to an activating group) is 1. The molecule has 0 saturated carbocycles. The zero-order valence-corrected chi connectivity index (χ0v) is 10.0. The van der Waals surface area contributed by atoms with Crippen LogP contribution in [0.1, 0.15) is 29.3 Å². The number of hydrogen-bond acceptors (Lipinski definition) is 5. The smallest absolute Gasteiger partial charge is 0.122 e. The molecule has 0 spiro atoms. The van der Waals surface area contributed by atoms with Crippen LogP contribution >= 0.6 is 11.3 Å². The Hall–Kier alpha value is -0.520. The average molecular weight is 227 g/mol. The molecular weight excluding hydrogens is 210 g/mol. The molecule has 2 unspecified atom stereocenters. The van der Waals surface area contributed by atoms with E-state index in [9.17, 15) is 0 Å². The van der Waals surface area contributed by atoms with Crippen molar-refractivity contribution in [3.05, 3.63) is 10.0 Å². The molecule has 1 aromatic heterocycles. The van der Waals surface area contributed by atoms with Gasteiger partial charge in [-0.05, 0) is 20.4 Å². The number of ether oxygens (including phenoxy) is 1. The monoisotopic (exact) mass is 227 g/mol. The number of rotatable bonds is 4. The summed E-state index contributed by atoms with van der Waals surface area (Å²) in [7, 11) is 1.95. The SMILES string of the molecule is CNCCc1nnc(C2COC(C)C2)s1. The summed E-state index contributed by atoms with van der Waals surface area (Å²) in [4.78, 5) is 0. The highest BCUT2D eigenvalue weighted by atomic mass is 32.1. The molecule has 84 valence electrons. The van der Waals surface area contributed by atoms with Gasteiger partial charge in [-0.2, -0.15) is 0 Å². The normalized spacial score (nSPS) is 26.0. The fraction of sp³-hybridized carbons (Fsp3) is 0.800. The Morgan fingerprint density at radius 3 is 3.07 bits per heavy atom. The van der Waals surface area contributed by atoms with Gasteiger partial charge in [0, 0.05) is 18.9 Å².